The van der Waals surface area contributed by atoms with Crippen molar-refractivity contribution in [1.82, 2.24) is 14.6 Å². The molecule has 4 atom stereocenters. The van der Waals surface area contributed by atoms with E-state index in [1.54, 1.807) is 19.9 Å². The van der Waals surface area contributed by atoms with Crippen LogP contribution >= 0.6 is 0 Å². The lowest BCUT2D eigenvalue weighted by atomic mass is 9.92. The third kappa shape index (κ3) is 3.48. The van der Waals surface area contributed by atoms with Gasteiger partial charge >= 0.3 is 11.9 Å². The van der Waals surface area contributed by atoms with E-state index in [4.69, 9.17) is 19.9 Å². The van der Waals surface area contributed by atoms with Crippen molar-refractivity contribution in [2.24, 2.45) is 0 Å². The molecule has 3 N–H and O–H groups in total. The molecule has 0 spiro atoms. The van der Waals surface area contributed by atoms with Crippen LogP contribution in [-0.2, 0) is 29.4 Å². The van der Waals surface area contributed by atoms with E-state index in [1.165, 1.54) is 16.9 Å². The molecule has 0 radical (unpaired) electrons. The molecular formula is C18H21N5O6. The Bertz CT molecular complexity index is 969. The molecule has 1 aliphatic rings. The minimum atomic E-state index is -1.94. The largest absolute Gasteiger partial charge is 0.463 e. The molecule has 11 heteroatoms. The zero-order valence-corrected chi connectivity index (χ0v) is 15.9. The Hall–Kier alpha value is -3.23. The molecule has 0 aromatic carbocycles. The highest BCUT2D eigenvalue weighted by molar-refractivity contribution is 5.70. The number of aliphatic hydroxyl groups excluding tert-OH is 1. The lowest BCUT2D eigenvalue weighted by Crippen LogP contribution is -2.43. The summed E-state index contributed by atoms with van der Waals surface area (Å²) in [6.07, 6.45) is -2.45. The second kappa shape index (κ2) is 8.02. The number of anilines is 1. The van der Waals surface area contributed by atoms with Crippen molar-refractivity contribution >= 4 is 23.3 Å². The summed E-state index contributed by atoms with van der Waals surface area (Å²) >= 11 is 0. The number of nitrogens with zero attached hydrogens (tertiary/aromatic N) is 4. The maximum absolute atomic E-state index is 11.9. The smallest absolute Gasteiger partial charge is 0.305 e. The quantitative estimate of drug-likeness (QED) is 0.631. The normalized spacial score (nSPS) is 26.2. The molecule has 29 heavy (non-hydrogen) atoms. The second-order valence-corrected chi connectivity index (χ2v) is 6.45. The molecule has 0 saturated carbocycles. The molecule has 0 bridgehead atoms. The topological polar surface area (TPSA) is 162 Å². The van der Waals surface area contributed by atoms with Gasteiger partial charge in [0.2, 0.25) is 5.60 Å². The number of hydrogen-bond acceptors (Lipinski definition) is 10. The predicted molar refractivity (Wildman–Crippen MR) is 97.0 cm³/mol. The Kier molecular flexibility index (Phi) is 5.67. The maximum atomic E-state index is 11.9. The minimum Gasteiger partial charge on any atom is -0.463 e. The minimum absolute atomic E-state index is 0.0576. The summed E-state index contributed by atoms with van der Waals surface area (Å²) in [6, 6.07) is 5.07. The van der Waals surface area contributed by atoms with Gasteiger partial charge in [-0.25, -0.2) is 9.50 Å². The average Bonchev–Trinajstić information content (AvgIpc) is 3.27. The number of fused-ring (bicyclic) bond motifs is 1. The summed E-state index contributed by atoms with van der Waals surface area (Å²) in [5.41, 5.74) is 4.49. The van der Waals surface area contributed by atoms with Gasteiger partial charge in [-0.2, -0.15) is 10.4 Å². The number of nitriles is 1. The number of nitrogen functional groups attached to an aromatic ring is 1. The summed E-state index contributed by atoms with van der Waals surface area (Å²) in [7, 11) is 0. The average molecular weight is 403 g/mol. The van der Waals surface area contributed by atoms with Crippen LogP contribution < -0.4 is 5.73 Å². The van der Waals surface area contributed by atoms with Gasteiger partial charge in [0, 0.05) is 12.8 Å². The molecule has 2 aromatic rings. The lowest BCUT2D eigenvalue weighted by Gasteiger charge is -2.24. The van der Waals surface area contributed by atoms with Crippen LogP contribution in [0.4, 0.5) is 5.82 Å². The number of hydrogen-bond donors (Lipinski definition) is 2. The molecule has 1 aliphatic heterocycles. The second-order valence-electron chi connectivity index (χ2n) is 6.45. The maximum Gasteiger partial charge on any atom is 0.305 e. The third-order valence-electron chi connectivity index (χ3n) is 4.71. The van der Waals surface area contributed by atoms with Crippen molar-refractivity contribution in [2.75, 3.05) is 12.3 Å². The van der Waals surface area contributed by atoms with E-state index in [0.717, 1.165) is 0 Å². The fourth-order valence-corrected chi connectivity index (χ4v) is 3.19. The van der Waals surface area contributed by atoms with Gasteiger partial charge in [0.15, 0.2) is 11.9 Å². The first-order valence-electron chi connectivity index (χ1n) is 9.08. The first-order valence-corrected chi connectivity index (χ1v) is 9.08. The highest BCUT2D eigenvalue weighted by atomic mass is 16.6. The van der Waals surface area contributed by atoms with Gasteiger partial charge in [-0.15, -0.1) is 0 Å². The summed E-state index contributed by atoms with van der Waals surface area (Å²) < 4.78 is 17.6. The number of nitrogens with two attached hydrogens (primary N) is 1. The number of carbonyl (C=O) groups is 2. The molecule has 1 saturated heterocycles. The van der Waals surface area contributed by atoms with Crippen LogP contribution in [0, 0.1) is 11.3 Å². The molecule has 0 amide bonds. The first-order chi connectivity index (χ1) is 13.9. The number of ether oxygens (including phenoxy) is 3. The van der Waals surface area contributed by atoms with Gasteiger partial charge in [-0.05, 0) is 12.1 Å². The Morgan fingerprint density at radius 2 is 2.10 bits per heavy atom. The van der Waals surface area contributed by atoms with Crippen molar-refractivity contribution in [1.29, 1.82) is 5.26 Å². The number of carbonyl (C=O) groups excluding carboxylic acids is 2. The van der Waals surface area contributed by atoms with Crippen molar-refractivity contribution in [3.05, 3.63) is 24.2 Å². The van der Waals surface area contributed by atoms with Crippen molar-refractivity contribution in [3.63, 3.8) is 0 Å². The van der Waals surface area contributed by atoms with E-state index in [9.17, 15) is 20.0 Å². The van der Waals surface area contributed by atoms with Crippen LogP contribution in [0.15, 0.2) is 18.5 Å². The van der Waals surface area contributed by atoms with Crippen LogP contribution in [0.3, 0.4) is 0 Å². The summed E-state index contributed by atoms with van der Waals surface area (Å²) in [5, 5.41) is 25.0. The fraction of sp³-hybridized carbons (Fsp3) is 0.500. The van der Waals surface area contributed by atoms with Gasteiger partial charge in [-0.3, -0.25) is 9.59 Å². The van der Waals surface area contributed by atoms with E-state index in [2.05, 4.69) is 10.1 Å². The first kappa shape index (κ1) is 20.5. The van der Waals surface area contributed by atoms with Gasteiger partial charge in [0.1, 0.15) is 36.7 Å². The molecular weight excluding hydrogens is 382 g/mol. The van der Waals surface area contributed by atoms with E-state index in [1.807, 2.05) is 6.07 Å². The summed E-state index contributed by atoms with van der Waals surface area (Å²) in [6.45, 7) is 2.92. The number of aliphatic hydroxyl groups is 1. The fourth-order valence-electron chi connectivity index (χ4n) is 3.19. The third-order valence-corrected chi connectivity index (χ3v) is 4.71. The number of rotatable bonds is 6. The summed E-state index contributed by atoms with van der Waals surface area (Å²) in [5.74, 6) is -0.911. The van der Waals surface area contributed by atoms with Crippen molar-refractivity contribution in [3.8, 4) is 6.07 Å². The molecule has 3 rings (SSSR count). The Morgan fingerprint density at radius 3 is 2.76 bits per heavy atom. The Balaban J connectivity index is 2.03. The zero-order valence-electron chi connectivity index (χ0n) is 15.9. The van der Waals surface area contributed by atoms with Crippen LogP contribution in [0.25, 0.3) is 5.52 Å². The monoisotopic (exact) mass is 403 g/mol. The van der Waals surface area contributed by atoms with Gasteiger partial charge in [-0.1, -0.05) is 13.8 Å². The molecule has 2 aromatic heterocycles. The molecule has 11 nitrogen and oxygen atoms in total. The van der Waals surface area contributed by atoms with Crippen molar-refractivity contribution in [2.45, 2.75) is 50.6 Å². The van der Waals surface area contributed by atoms with Gasteiger partial charge in [0.25, 0.3) is 0 Å². The zero-order chi connectivity index (χ0) is 21.2. The highest BCUT2D eigenvalue weighted by Crippen LogP contribution is 2.41. The van der Waals surface area contributed by atoms with E-state index < -0.39 is 35.9 Å². The van der Waals surface area contributed by atoms with Crippen molar-refractivity contribution < 1.29 is 28.9 Å². The van der Waals surface area contributed by atoms with Crippen LogP contribution in [0.5, 0.6) is 0 Å². The van der Waals surface area contributed by atoms with E-state index >= 15 is 0 Å². The van der Waals surface area contributed by atoms with Gasteiger partial charge < -0.3 is 25.1 Å². The highest BCUT2D eigenvalue weighted by Gasteiger charge is 2.59. The summed E-state index contributed by atoms with van der Waals surface area (Å²) in [4.78, 5) is 27.3. The Morgan fingerprint density at radius 1 is 1.38 bits per heavy atom. The van der Waals surface area contributed by atoms with E-state index in [-0.39, 0.29) is 31.0 Å². The molecule has 1 fully saturated rings. The van der Waals surface area contributed by atoms with E-state index in [0.29, 0.717) is 5.52 Å². The van der Waals surface area contributed by atoms with Crippen LogP contribution in [0.2, 0.25) is 0 Å². The lowest BCUT2D eigenvalue weighted by molar-refractivity contribution is -0.159. The van der Waals surface area contributed by atoms with Gasteiger partial charge in [0.05, 0.1) is 5.69 Å². The Labute approximate surface area is 166 Å². The standard InChI is InChI=1S/C18H21N5O6/c1-3-13(24)27-7-11-15(28-14(25)4-2)16(26)18(8-19,29-11)12-6-5-10-17(20)21-9-22-23(10)12/h5-6,9,11,15-16,26H,3-4,7H2,1-2H3,(H2,20,21,22)/t11-,15-,16-,18+/m1/s1. The molecule has 0 aliphatic carbocycles. The molecule has 0 unspecified atom stereocenters. The predicted octanol–water partition coefficient (Wildman–Crippen LogP) is 0.0651. The molecule has 3 heterocycles. The number of esters is 2. The molecule has 154 valence electrons. The van der Waals surface area contributed by atoms with Crippen LogP contribution in [0.1, 0.15) is 32.4 Å². The van der Waals surface area contributed by atoms with Crippen LogP contribution in [-0.4, -0.2) is 56.6 Å². The SMILES string of the molecule is CCC(=O)OC[C@H]1O[C@@](C#N)(c2ccc3c(N)ncnn23)[C@H](O)[C@@H]1OC(=O)CC. The number of aromatic nitrogens is 3.